The van der Waals surface area contributed by atoms with E-state index in [0.29, 0.717) is 30.3 Å². The van der Waals surface area contributed by atoms with Gasteiger partial charge in [0.05, 0.1) is 12.2 Å². The number of anilines is 1. The summed E-state index contributed by atoms with van der Waals surface area (Å²) in [7, 11) is 1.61. The van der Waals surface area contributed by atoms with E-state index in [-0.39, 0.29) is 24.0 Å². The summed E-state index contributed by atoms with van der Waals surface area (Å²) in [6, 6.07) is 0. The zero-order valence-corrected chi connectivity index (χ0v) is 17.9. The first-order valence-electron chi connectivity index (χ1n) is 10.2. The molecule has 8 heteroatoms. The van der Waals surface area contributed by atoms with Crippen LogP contribution in [0.25, 0.3) is 0 Å². The first-order chi connectivity index (χ1) is 13.5. The molecule has 28 heavy (non-hydrogen) atoms. The zero-order valence-electron chi connectivity index (χ0n) is 17.1. The van der Waals surface area contributed by atoms with E-state index in [1.807, 2.05) is 13.8 Å². The Morgan fingerprint density at radius 2 is 1.93 bits per heavy atom. The van der Waals surface area contributed by atoms with Crippen LogP contribution in [0.1, 0.15) is 47.5 Å². The van der Waals surface area contributed by atoms with E-state index in [1.54, 1.807) is 18.4 Å². The van der Waals surface area contributed by atoms with E-state index in [1.165, 1.54) is 9.78 Å². The fraction of sp³-hybridized carbons (Fsp3) is 0.700. The zero-order chi connectivity index (χ0) is 20.1. The summed E-state index contributed by atoms with van der Waals surface area (Å²) >= 11 is 1.56. The van der Waals surface area contributed by atoms with Crippen molar-refractivity contribution in [3.63, 3.8) is 0 Å². The molecular formula is C20H32N3O4S+. The highest BCUT2D eigenvalue weighted by molar-refractivity contribution is 7.17. The predicted octanol–water partition coefficient (Wildman–Crippen LogP) is 0.634. The molecule has 0 radical (unpaired) electrons. The molecule has 0 spiro atoms. The highest BCUT2D eigenvalue weighted by Gasteiger charge is 2.29. The molecule has 1 aromatic rings. The first kappa shape index (κ1) is 21.2. The van der Waals surface area contributed by atoms with Gasteiger partial charge in [-0.15, -0.1) is 11.3 Å². The molecule has 1 fully saturated rings. The third kappa shape index (κ3) is 5.31. The van der Waals surface area contributed by atoms with Crippen LogP contribution in [0.15, 0.2) is 0 Å². The lowest BCUT2D eigenvalue weighted by Gasteiger charge is -2.31. The smallest absolute Gasteiger partial charge is 0.280 e. The summed E-state index contributed by atoms with van der Waals surface area (Å²) < 4.78 is 10.8. The maximum atomic E-state index is 12.8. The number of quaternary nitrogens is 1. The fourth-order valence-corrected chi connectivity index (χ4v) is 5.48. The number of nitrogens with one attached hydrogen (secondary N) is 3. The molecule has 0 aromatic carbocycles. The number of rotatable bonds is 7. The molecule has 3 rings (SSSR count). The number of carbonyl (C=O) groups is 2. The molecule has 1 aliphatic heterocycles. The minimum absolute atomic E-state index is 0.0409. The van der Waals surface area contributed by atoms with Crippen LogP contribution in [0.2, 0.25) is 0 Å². The van der Waals surface area contributed by atoms with Crippen LogP contribution in [0.4, 0.5) is 5.00 Å². The second-order valence-electron chi connectivity index (χ2n) is 7.80. The van der Waals surface area contributed by atoms with Crippen molar-refractivity contribution in [3.8, 4) is 0 Å². The molecule has 1 unspecified atom stereocenters. The van der Waals surface area contributed by atoms with Gasteiger partial charge >= 0.3 is 0 Å². The predicted molar refractivity (Wildman–Crippen MR) is 109 cm³/mol. The normalized spacial score (nSPS) is 24.5. The van der Waals surface area contributed by atoms with Crippen LogP contribution in [0.5, 0.6) is 0 Å². The molecule has 1 aromatic heterocycles. The molecule has 156 valence electrons. The molecule has 1 saturated heterocycles. The molecule has 0 bridgehead atoms. The fourth-order valence-electron chi connectivity index (χ4n) is 4.18. The van der Waals surface area contributed by atoms with Gasteiger partial charge in [0.25, 0.3) is 11.8 Å². The van der Waals surface area contributed by atoms with Crippen molar-refractivity contribution >= 4 is 28.2 Å². The average Bonchev–Trinajstić information content (AvgIpc) is 2.98. The summed E-state index contributed by atoms with van der Waals surface area (Å²) in [4.78, 5) is 28.0. The van der Waals surface area contributed by atoms with Gasteiger partial charge in [-0.3, -0.25) is 9.59 Å². The van der Waals surface area contributed by atoms with Crippen LogP contribution in [-0.4, -0.2) is 63.9 Å². The number of hydrogen-bond donors (Lipinski definition) is 3. The lowest BCUT2D eigenvalue weighted by atomic mass is 9.95. The lowest BCUT2D eigenvalue weighted by Crippen LogP contribution is -3.16. The number of ether oxygens (including phenoxy) is 2. The Balaban J connectivity index is 1.70. The van der Waals surface area contributed by atoms with Gasteiger partial charge < -0.3 is 25.0 Å². The molecule has 7 nitrogen and oxygen atoms in total. The molecule has 1 aliphatic carbocycles. The monoisotopic (exact) mass is 410 g/mol. The number of amides is 2. The minimum atomic E-state index is -0.118. The largest absolute Gasteiger partial charge is 0.383 e. The number of aryl methyl sites for hydroxylation is 1. The molecule has 3 N–H and O–H groups in total. The Bertz CT molecular complexity index is 696. The summed E-state index contributed by atoms with van der Waals surface area (Å²) in [6.45, 7) is 7.06. The molecule has 2 heterocycles. The maximum absolute atomic E-state index is 12.8. The maximum Gasteiger partial charge on any atom is 0.280 e. The average molecular weight is 411 g/mol. The SMILES string of the molecule is COCCNC(=O)c1c(NC(=O)C[NH+]2C[C@@H](C)O[C@@H](C)C2)sc2c1CCCC2. The summed E-state index contributed by atoms with van der Waals surface area (Å²) in [5, 5.41) is 6.65. The topological polar surface area (TPSA) is 81.1 Å². The molecule has 2 aliphatic rings. The Morgan fingerprint density at radius 1 is 1.21 bits per heavy atom. The van der Waals surface area contributed by atoms with Gasteiger partial charge in [-0.05, 0) is 45.1 Å². The van der Waals surface area contributed by atoms with E-state index in [0.717, 1.165) is 44.3 Å². The van der Waals surface area contributed by atoms with Crippen LogP contribution in [0.3, 0.4) is 0 Å². The van der Waals surface area contributed by atoms with Gasteiger partial charge in [-0.2, -0.15) is 0 Å². The number of thiophene rings is 1. The van der Waals surface area contributed by atoms with Crippen molar-refractivity contribution in [1.82, 2.24) is 5.32 Å². The Labute approximate surface area is 170 Å². The van der Waals surface area contributed by atoms with Gasteiger partial charge in [0, 0.05) is 18.5 Å². The summed E-state index contributed by atoms with van der Waals surface area (Å²) in [6.07, 6.45) is 4.42. The highest BCUT2D eigenvalue weighted by Crippen LogP contribution is 2.38. The van der Waals surface area contributed by atoms with E-state index in [4.69, 9.17) is 9.47 Å². The standard InChI is InChI=1S/C20H31N3O4S/c1-13-10-23(11-14(2)27-13)12-17(24)22-20-18(19(25)21-8-9-26-3)15-6-4-5-7-16(15)28-20/h13-14H,4-12H2,1-3H3,(H,21,25)(H,22,24)/p+1/t13-,14+. The van der Waals surface area contributed by atoms with Crippen molar-refractivity contribution in [1.29, 1.82) is 0 Å². The molecule has 0 saturated carbocycles. The van der Waals surface area contributed by atoms with Gasteiger partial charge in [-0.25, -0.2) is 0 Å². The highest BCUT2D eigenvalue weighted by atomic mass is 32.1. The third-order valence-corrected chi connectivity index (χ3v) is 6.48. The Hall–Kier alpha value is -1.48. The lowest BCUT2D eigenvalue weighted by molar-refractivity contribution is -0.907. The van der Waals surface area contributed by atoms with Crippen LogP contribution >= 0.6 is 11.3 Å². The van der Waals surface area contributed by atoms with Crippen LogP contribution in [0, 0.1) is 0 Å². The van der Waals surface area contributed by atoms with Gasteiger partial charge in [-0.1, -0.05) is 0 Å². The van der Waals surface area contributed by atoms with E-state index in [9.17, 15) is 9.59 Å². The van der Waals surface area contributed by atoms with E-state index < -0.39 is 0 Å². The van der Waals surface area contributed by atoms with Gasteiger partial charge in [0.2, 0.25) is 0 Å². The number of methoxy groups -OCH3 is 1. The first-order valence-corrected chi connectivity index (χ1v) is 11.0. The number of hydrogen-bond acceptors (Lipinski definition) is 5. The third-order valence-electron chi connectivity index (χ3n) is 5.27. The van der Waals surface area contributed by atoms with Crippen molar-refractivity contribution in [2.45, 2.75) is 51.7 Å². The van der Waals surface area contributed by atoms with Crippen molar-refractivity contribution in [3.05, 3.63) is 16.0 Å². The molecule has 3 atom stereocenters. The summed E-state index contributed by atoms with van der Waals surface area (Å²) in [5.41, 5.74) is 1.77. The second-order valence-corrected chi connectivity index (χ2v) is 8.91. The van der Waals surface area contributed by atoms with E-state index >= 15 is 0 Å². The minimum Gasteiger partial charge on any atom is -0.383 e. The van der Waals surface area contributed by atoms with Crippen molar-refractivity contribution in [2.24, 2.45) is 0 Å². The van der Waals surface area contributed by atoms with Gasteiger partial charge in [0.15, 0.2) is 6.54 Å². The Morgan fingerprint density at radius 3 is 2.64 bits per heavy atom. The van der Waals surface area contributed by atoms with E-state index in [2.05, 4.69) is 10.6 Å². The number of morpholine rings is 1. The second kappa shape index (κ2) is 9.82. The number of fused-ring (bicyclic) bond motifs is 1. The quantitative estimate of drug-likeness (QED) is 0.576. The Kier molecular flexibility index (Phi) is 7.45. The summed E-state index contributed by atoms with van der Waals surface area (Å²) in [5.74, 6) is -0.159. The van der Waals surface area contributed by atoms with Crippen LogP contribution in [-0.2, 0) is 27.1 Å². The number of carbonyl (C=O) groups excluding carboxylic acids is 2. The van der Waals surface area contributed by atoms with Gasteiger partial charge in [0.1, 0.15) is 30.3 Å². The molecular weight excluding hydrogens is 378 g/mol. The van der Waals surface area contributed by atoms with Crippen molar-refractivity contribution in [2.75, 3.05) is 45.2 Å². The van der Waals surface area contributed by atoms with Crippen LogP contribution < -0.4 is 15.5 Å². The molecule has 2 amide bonds. The van der Waals surface area contributed by atoms with Crippen molar-refractivity contribution < 1.29 is 24.0 Å².